The molecule has 0 bridgehead atoms. The zero-order valence-electron chi connectivity index (χ0n) is 20.8. The quantitative estimate of drug-likeness (QED) is 0.368. The number of alkyl halides is 1. The average molecular weight is 525 g/mol. The van der Waals surface area contributed by atoms with E-state index in [0.717, 1.165) is 61.7 Å². The molecule has 1 aliphatic heterocycles. The van der Waals surface area contributed by atoms with Crippen LogP contribution in [0.1, 0.15) is 45.4 Å². The molecule has 9 nitrogen and oxygen atoms in total. The van der Waals surface area contributed by atoms with Crippen molar-refractivity contribution in [2.24, 2.45) is 11.8 Å². The van der Waals surface area contributed by atoms with Crippen LogP contribution >= 0.6 is 11.6 Å². The van der Waals surface area contributed by atoms with Crippen molar-refractivity contribution in [2.45, 2.75) is 58.0 Å². The van der Waals surface area contributed by atoms with Crippen LogP contribution in [0.15, 0.2) is 29.3 Å². The first kappa shape index (κ1) is 24.1. The number of nitrogens with one attached hydrogen (secondary N) is 2. The van der Waals surface area contributed by atoms with Gasteiger partial charge in [0.25, 0.3) is 0 Å². The summed E-state index contributed by atoms with van der Waals surface area (Å²) in [4.78, 5) is 30.9. The third kappa shape index (κ3) is 4.63. The molecule has 4 aromatic heterocycles. The first-order valence-corrected chi connectivity index (χ1v) is 13.4. The van der Waals surface area contributed by atoms with Gasteiger partial charge in [0.1, 0.15) is 12.4 Å². The van der Waals surface area contributed by atoms with Gasteiger partial charge in [-0.3, -0.25) is 9.97 Å². The van der Waals surface area contributed by atoms with Crippen LogP contribution < -0.4 is 10.6 Å². The average Bonchev–Trinajstić information content (AvgIpc) is 3.63. The lowest BCUT2D eigenvalue weighted by Crippen LogP contribution is -2.33. The summed E-state index contributed by atoms with van der Waals surface area (Å²) in [5.41, 5.74) is 3.04. The van der Waals surface area contributed by atoms with E-state index in [4.69, 9.17) is 21.6 Å². The predicted molar refractivity (Wildman–Crippen MR) is 141 cm³/mol. The van der Waals surface area contributed by atoms with Crippen molar-refractivity contribution in [1.82, 2.24) is 34.7 Å². The molecule has 2 aliphatic rings. The van der Waals surface area contributed by atoms with Gasteiger partial charge in [-0.15, -0.1) is 0 Å². The summed E-state index contributed by atoms with van der Waals surface area (Å²) in [6, 6.07) is 3.48. The molecule has 2 N–H and O–H groups in total. The molecular formula is C26H30ClFN8O. The van der Waals surface area contributed by atoms with Crippen molar-refractivity contribution >= 4 is 28.6 Å². The van der Waals surface area contributed by atoms with E-state index in [1.165, 1.54) is 12.8 Å². The topological polar surface area (TPSA) is 108 Å². The highest BCUT2D eigenvalue weighted by Crippen LogP contribution is 2.38. The minimum Gasteiger partial charge on any atom is -0.337 e. The predicted octanol–water partition coefficient (Wildman–Crippen LogP) is 4.99. The highest BCUT2D eigenvalue weighted by atomic mass is 35.5. The summed E-state index contributed by atoms with van der Waals surface area (Å²) >= 11 is 6.33. The lowest BCUT2D eigenvalue weighted by atomic mass is 9.83. The normalized spacial score (nSPS) is 22.2. The molecule has 194 valence electrons. The van der Waals surface area contributed by atoms with Crippen LogP contribution in [-0.2, 0) is 6.54 Å². The van der Waals surface area contributed by atoms with Crippen molar-refractivity contribution in [3.63, 3.8) is 0 Å². The van der Waals surface area contributed by atoms with Crippen LogP contribution in [0.25, 0.3) is 33.8 Å². The van der Waals surface area contributed by atoms with Crippen LogP contribution in [0.5, 0.6) is 0 Å². The maximum absolute atomic E-state index is 14.0. The fraction of sp³-hybridized carbons (Fsp3) is 0.500. The van der Waals surface area contributed by atoms with Crippen LogP contribution in [0.3, 0.4) is 0 Å². The maximum atomic E-state index is 14.0. The number of nitrogens with zero attached hydrogens (tertiary/aromatic N) is 6. The Morgan fingerprint density at radius 1 is 1.14 bits per heavy atom. The number of fused-ring (bicyclic) bond motifs is 1. The lowest BCUT2D eigenvalue weighted by molar-refractivity contribution is 0.266. The van der Waals surface area contributed by atoms with E-state index in [0.29, 0.717) is 33.7 Å². The van der Waals surface area contributed by atoms with E-state index in [1.54, 1.807) is 12.4 Å². The molecule has 11 heteroatoms. The molecule has 1 saturated heterocycles. The molecule has 1 aliphatic carbocycles. The van der Waals surface area contributed by atoms with E-state index in [2.05, 4.69) is 36.6 Å². The molecule has 0 aromatic carbocycles. The van der Waals surface area contributed by atoms with Crippen molar-refractivity contribution in [3.05, 3.63) is 40.0 Å². The van der Waals surface area contributed by atoms with Crippen molar-refractivity contribution in [3.8, 4) is 22.8 Å². The monoisotopic (exact) mass is 524 g/mol. The summed E-state index contributed by atoms with van der Waals surface area (Å²) in [7, 11) is 0. The number of hydrogen-bond acceptors (Lipinski definition) is 6. The molecular weight excluding hydrogens is 495 g/mol. The van der Waals surface area contributed by atoms with E-state index >= 15 is 0 Å². The van der Waals surface area contributed by atoms with Gasteiger partial charge in [-0.1, -0.05) is 31.4 Å². The van der Waals surface area contributed by atoms with E-state index in [1.807, 2.05) is 12.1 Å². The second-order valence-corrected chi connectivity index (χ2v) is 10.9. The van der Waals surface area contributed by atoms with Crippen LogP contribution in [0, 0.1) is 11.8 Å². The van der Waals surface area contributed by atoms with Crippen LogP contribution in [0.4, 0.5) is 10.3 Å². The molecule has 0 unspecified atom stereocenters. The number of aromatic nitrogens is 7. The van der Waals surface area contributed by atoms with Crippen molar-refractivity contribution in [1.29, 1.82) is 0 Å². The molecule has 37 heavy (non-hydrogen) atoms. The third-order valence-electron chi connectivity index (χ3n) is 7.81. The zero-order chi connectivity index (χ0) is 25.5. The fourth-order valence-corrected chi connectivity index (χ4v) is 6.00. The number of halogens is 2. The molecule has 2 fully saturated rings. The number of hydrogen-bond donors (Lipinski definition) is 2. The van der Waals surface area contributed by atoms with E-state index < -0.39 is 12.4 Å². The van der Waals surface area contributed by atoms with Gasteiger partial charge in [0, 0.05) is 31.0 Å². The van der Waals surface area contributed by atoms with Crippen molar-refractivity contribution < 1.29 is 4.39 Å². The largest absolute Gasteiger partial charge is 0.340 e. The van der Waals surface area contributed by atoms with Gasteiger partial charge in [0.05, 0.1) is 27.8 Å². The second kappa shape index (κ2) is 9.89. The Hall–Kier alpha value is -3.27. The summed E-state index contributed by atoms with van der Waals surface area (Å²) in [6.45, 7) is 3.46. The van der Waals surface area contributed by atoms with Gasteiger partial charge in [-0.05, 0) is 49.7 Å². The minimum atomic E-state index is -0.413. The fourth-order valence-electron chi connectivity index (χ4n) is 5.82. The van der Waals surface area contributed by atoms with Gasteiger partial charge in [0.2, 0.25) is 5.95 Å². The number of imidazole rings is 1. The molecule has 0 spiro atoms. The van der Waals surface area contributed by atoms with Gasteiger partial charge in [-0.25, -0.2) is 24.3 Å². The maximum Gasteiger partial charge on any atom is 0.340 e. The Morgan fingerprint density at radius 3 is 2.70 bits per heavy atom. The minimum absolute atomic E-state index is 0.187. The van der Waals surface area contributed by atoms with Crippen LogP contribution in [-0.4, -0.2) is 54.0 Å². The molecule has 4 aromatic rings. The Balaban J connectivity index is 1.58. The number of anilines is 1. The summed E-state index contributed by atoms with van der Waals surface area (Å²) in [5.74, 6) is 2.35. The Kier molecular flexibility index (Phi) is 6.44. The van der Waals surface area contributed by atoms with E-state index in [-0.39, 0.29) is 6.04 Å². The summed E-state index contributed by atoms with van der Waals surface area (Å²) in [6.07, 6.45) is 9.78. The van der Waals surface area contributed by atoms with Crippen LogP contribution in [0.2, 0.25) is 5.02 Å². The first-order chi connectivity index (χ1) is 18.0. The van der Waals surface area contributed by atoms with Gasteiger partial charge < -0.3 is 9.47 Å². The molecule has 0 amide bonds. The Bertz CT molecular complexity index is 1470. The number of aromatic amines is 2. The highest BCUT2D eigenvalue weighted by Gasteiger charge is 2.32. The highest BCUT2D eigenvalue weighted by molar-refractivity contribution is 6.30. The molecule has 6 rings (SSSR count). The standard InChI is InChI=1S/C26H30ClFN8O/c1-15-4-6-16(7-5-15)14-36-23-20(31-26(36)35-8-2-3-19(35)11-28)10-21(24-32-25(37)34-33-24)30-22(23)17-9-18(27)13-29-12-17/h9-10,12-13,15-16,19H,2-8,11,14H2,1H3,(H2,32,33,34,37)/t15?,16?,19-/m0/s1. The lowest BCUT2D eigenvalue weighted by Gasteiger charge is -2.29. The summed E-state index contributed by atoms with van der Waals surface area (Å²) < 4.78 is 16.3. The third-order valence-corrected chi connectivity index (χ3v) is 8.02. The summed E-state index contributed by atoms with van der Waals surface area (Å²) in [5, 5.41) is 6.99. The SMILES string of the molecule is CC1CCC(Cn2c(N3CCC[C@H]3CF)nc3cc(-c4n[nH]c(=O)[nH]4)nc(-c4cncc(Cl)c4)c32)CC1. The molecule has 5 heterocycles. The smallest absolute Gasteiger partial charge is 0.337 e. The number of pyridine rings is 2. The number of rotatable bonds is 6. The molecule has 0 radical (unpaired) electrons. The van der Waals surface area contributed by atoms with Gasteiger partial charge in [0.15, 0.2) is 5.82 Å². The molecule has 1 atom stereocenters. The van der Waals surface area contributed by atoms with Crippen molar-refractivity contribution in [2.75, 3.05) is 18.1 Å². The molecule has 1 saturated carbocycles. The van der Waals surface area contributed by atoms with Gasteiger partial charge in [-0.2, -0.15) is 5.10 Å². The number of H-pyrrole nitrogens is 2. The zero-order valence-corrected chi connectivity index (χ0v) is 21.5. The first-order valence-electron chi connectivity index (χ1n) is 13.0. The van der Waals surface area contributed by atoms with Gasteiger partial charge >= 0.3 is 5.69 Å². The van der Waals surface area contributed by atoms with E-state index in [9.17, 15) is 9.18 Å². The Morgan fingerprint density at radius 2 is 1.97 bits per heavy atom. The Labute approximate surface area is 218 Å². The second-order valence-electron chi connectivity index (χ2n) is 10.4.